The number of anilines is 1. The first kappa shape index (κ1) is 17.9. The minimum atomic E-state index is -0.125. The van der Waals surface area contributed by atoms with E-state index in [0.717, 1.165) is 22.4 Å². The van der Waals surface area contributed by atoms with Crippen LogP contribution in [-0.2, 0) is 4.79 Å². The Morgan fingerprint density at radius 1 is 0.958 bits per heavy atom. The molecule has 0 radical (unpaired) electrons. The van der Waals surface area contributed by atoms with Crippen LogP contribution in [0.5, 0.6) is 0 Å². The van der Waals surface area contributed by atoms with Gasteiger partial charge in [-0.3, -0.25) is 9.59 Å². The molecule has 0 saturated heterocycles. The standard InChI is InChI=1S/C21H25NO2/c1-14(2)18-7-5-6-8-19(18)22-21(24)12-11-20(23)17-10-9-15(3)16(4)13-17/h5-10,13-14H,11-12H2,1-4H3,(H,22,24). The molecule has 3 nitrogen and oxygen atoms in total. The lowest BCUT2D eigenvalue weighted by Gasteiger charge is -2.13. The quantitative estimate of drug-likeness (QED) is 0.758. The summed E-state index contributed by atoms with van der Waals surface area (Å²) in [4.78, 5) is 24.4. The molecule has 0 unspecified atom stereocenters. The maximum atomic E-state index is 12.3. The second-order valence-corrected chi connectivity index (χ2v) is 6.51. The predicted molar refractivity (Wildman–Crippen MR) is 98.6 cm³/mol. The molecule has 0 atom stereocenters. The summed E-state index contributed by atoms with van der Waals surface area (Å²) in [5.41, 5.74) is 4.86. The summed E-state index contributed by atoms with van der Waals surface area (Å²) in [5.74, 6) is 0.212. The van der Waals surface area contributed by atoms with Gasteiger partial charge >= 0.3 is 0 Å². The highest BCUT2D eigenvalue weighted by Crippen LogP contribution is 2.24. The number of benzene rings is 2. The van der Waals surface area contributed by atoms with Crippen LogP contribution in [-0.4, -0.2) is 11.7 Å². The predicted octanol–water partition coefficient (Wildman–Crippen LogP) is 5.03. The first-order valence-electron chi connectivity index (χ1n) is 8.37. The summed E-state index contributed by atoms with van der Waals surface area (Å²) >= 11 is 0. The lowest BCUT2D eigenvalue weighted by atomic mass is 10.00. The van der Waals surface area contributed by atoms with Crippen molar-refractivity contribution in [3.8, 4) is 0 Å². The average molecular weight is 323 g/mol. The van der Waals surface area contributed by atoms with Gasteiger partial charge in [0.25, 0.3) is 0 Å². The van der Waals surface area contributed by atoms with E-state index in [2.05, 4.69) is 19.2 Å². The molecule has 0 aromatic heterocycles. The number of Topliss-reactive ketones (excluding diaryl/α,β-unsaturated/α-hetero) is 1. The van der Waals surface area contributed by atoms with Crippen molar-refractivity contribution >= 4 is 17.4 Å². The minimum Gasteiger partial charge on any atom is -0.326 e. The maximum Gasteiger partial charge on any atom is 0.224 e. The van der Waals surface area contributed by atoms with Crippen LogP contribution < -0.4 is 5.32 Å². The molecule has 2 aromatic carbocycles. The van der Waals surface area contributed by atoms with Crippen LogP contribution in [0.1, 0.15) is 59.7 Å². The molecule has 2 rings (SSSR count). The Kier molecular flexibility index (Phi) is 5.91. The van der Waals surface area contributed by atoms with Gasteiger partial charge in [0, 0.05) is 24.1 Å². The SMILES string of the molecule is Cc1ccc(C(=O)CCC(=O)Nc2ccccc2C(C)C)cc1C. The summed E-state index contributed by atoms with van der Waals surface area (Å²) in [6.07, 6.45) is 0.413. The van der Waals surface area contributed by atoms with Crippen molar-refractivity contribution in [3.63, 3.8) is 0 Å². The van der Waals surface area contributed by atoms with Gasteiger partial charge in [-0.2, -0.15) is 0 Å². The molecular formula is C21H25NO2. The van der Waals surface area contributed by atoms with Gasteiger partial charge in [0.15, 0.2) is 5.78 Å². The molecule has 24 heavy (non-hydrogen) atoms. The highest BCUT2D eigenvalue weighted by Gasteiger charge is 2.12. The van der Waals surface area contributed by atoms with Crippen LogP contribution >= 0.6 is 0 Å². The molecule has 0 fully saturated rings. The fourth-order valence-electron chi connectivity index (χ4n) is 2.61. The van der Waals surface area contributed by atoms with Crippen molar-refractivity contribution in [1.29, 1.82) is 0 Å². The third-order valence-corrected chi connectivity index (χ3v) is 4.26. The normalized spacial score (nSPS) is 10.7. The van der Waals surface area contributed by atoms with Gasteiger partial charge in [0.1, 0.15) is 0 Å². The number of hydrogen-bond acceptors (Lipinski definition) is 2. The van der Waals surface area contributed by atoms with Crippen molar-refractivity contribution in [3.05, 3.63) is 64.7 Å². The van der Waals surface area contributed by atoms with Crippen LogP contribution in [0.3, 0.4) is 0 Å². The second-order valence-electron chi connectivity index (χ2n) is 6.51. The zero-order valence-corrected chi connectivity index (χ0v) is 14.8. The Labute approximate surface area is 144 Å². The number of hydrogen-bond donors (Lipinski definition) is 1. The van der Waals surface area contributed by atoms with Gasteiger partial charge in [0.05, 0.1) is 0 Å². The minimum absolute atomic E-state index is 0.00500. The molecule has 0 aliphatic carbocycles. The van der Waals surface area contributed by atoms with Crippen molar-refractivity contribution in [2.45, 2.75) is 46.5 Å². The van der Waals surface area contributed by atoms with Crippen molar-refractivity contribution in [1.82, 2.24) is 0 Å². The molecular weight excluding hydrogens is 298 g/mol. The number of carbonyl (C=O) groups is 2. The third kappa shape index (κ3) is 4.54. The van der Waals surface area contributed by atoms with E-state index in [1.807, 2.05) is 56.3 Å². The monoisotopic (exact) mass is 323 g/mol. The fraction of sp³-hybridized carbons (Fsp3) is 0.333. The lowest BCUT2D eigenvalue weighted by molar-refractivity contribution is -0.116. The van der Waals surface area contributed by atoms with E-state index in [1.54, 1.807) is 0 Å². The fourth-order valence-corrected chi connectivity index (χ4v) is 2.61. The maximum absolute atomic E-state index is 12.3. The Hall–Kier alpha value is -2.42. The number of carbonyl (C=O) groups excluding carboxylic acids is 2. The van der Waals surface area contributed by atoms with Crippen molar-refractivity contribution < 1.29 is 9.59 Å². The van der Waals surface area contributed by atoms with Gasteiger partial charge in [0.2, 0.25) is 5.91 Å². The molecule has 0 saturated carbocycles. The van der Waals surface area contributed by atoms with E-state index >= 15 is 0 Å². The lowest BCUT2D eigenvalue weighted by Crippen LogP contribution is -2.15. The van der Waals surface area contributed by atoms with E-state index in [9.17, 15) is 9.59 Å². The Morgan fingerprint density at radius 3 is 2.33 bits per heavy atom. The Bertz CT molecular complexity index is 747. The summed E-state index contributed by atoms with van der Waals surface area (Å²) in [6, 6.07) is 13.5. The van der Waals surface area contributed by atoms with Crippen LogP contribution in [0.15, 0.2) is 42.5 Å². The zero-order chi connectivity index (χ0) is 17.7. The number of para-hydroxylation sites is 1. The number of rotatable bonds is 6. The molecule has 3 heteroatoms. The number of aryl methyl sites for hydroxylation is 2. The van der Waals surface area contributed by atoms with E-state index in [4.69, 9.17) is 0 Å². The van der Waals surface area contributed by atoms with Crippen LogP contribution in [0.25, 0.3) is 0 Å². The number of ketones is 1. The first-order valence-corrected chi connectivity index (χ1v) is 8.37. The van der Waals surface area contributed by atoms with E-state index in [0.29, 0.717) is 11.5 Å². The zero-order valence-electron chi connectivity index (χ0n) is 14.8. The summed E-state index contributed by atoms with van der Waals surface area (Å²) < 4.78 is 0. The van der Waals surface area contributed by atoms with Crippen LogP contribution in [0.4, 0.5) is 5.69 Å². The number of nitrogens with one attached hydrogen (secondary N) is 1. The molecule has 0 aliphatic rings. The highest BCUT2D eigenvalue weighted by molar-refractivity contribution is 6.00. The largest absolute Gasteiger partial charge is 0.326 e. The van der Waals surface area contributed by atoms with Crippen molar-refractivity contribution in [2.75, 3.05) is 5.32 Å². The van der Waals surface area contributed by atoms with E-state index in [-0.39, 0.29) is 24.5 Å². The molecule has 0 spiro atoms. The first-order chi connectivity index (χ1) is 11.4. The molecule has 0 aliphatic heterocycles. The second kappa shape index (κ2) is 7.91. The Morgan fingerprint density at radius 2 is 1.67 bits per heavy atom. The number of amides is 1. The smallest absolute Gasteiger partial charge is 0.224 e. The Balaban J connectivity index is 1.96. The van der Waals surface area contributed by atoms with Crippen LogP contribution in [0, 0.1) is 13.8 Å². The molecule has 0 bridgehead atoms. The summed E-state index contributed by atoms with van der Waals surface area (Å²) in [7, 11) is 0. The molecule has 0 heterocycles. The molecule has 2 aromatic rings. The van der Waals surface area contributed by atoms with Crippen LogP contribution in [0.2, 0.25) is 0 Å². The third-order valence-electron chi connectivity index (χ3n) is 4.26. The van der Waals surface area contributed by atoms with Gasteiger partial charge in [-0.15, -0.1) is 0 Å². The van der Waals surface area contributed by atoms with Crippen molar-refractivity contribution in [2.24, 2.45) is 0 Å². The highest BCUT2D eigenvalue weighted by atomic mass is 16.2. The van der Waals surface area contributed by atoms with Gasteiger partial charge < -0.3 is 5.32 Å². The van der Waals surface area contributed by atoms with Gasteiger partial charge in [-0.25, -0.2) is 0 Å². The molecule has 1 amide bonds. The molecule has 1 N–H and O–H groups in total. The summed E-state index contributed by atoms with van der Waals surface area (Å²) in [5, 5.41) is 2.93. The molecule has 126 valence electrons. The summed E-state index contributed by atoms with van der Waals surface area (Å²) in [6.45, 7) is 8.19. The average Bonchev–Trinajstić information content (AvgIpc) is 2.55. The van der Waals surface area contributed by atoms with Gasteiger partial charge in [-0.05, 0) is 48.6 Å². The van der Waals surface area contributed by atoms with E-state index < -0.39 is 0 Å². The topological polar surface area (TPSA) is 46.2 Å². The van der Waals surface area contributed by atoms with Gasteiger partial charge in [-0.1, -0.05) is 44.2 Å². The van der Waals surface area contributed by atoms with E-state index in [1.165, 1.54) is 0 Å².